The third kappa shape index (κ3) is 2.89. The van der Waals surface area contributed by atoms with Gasteiger partial charge in [-0.25, -0.2) is 4.39 Å². The Bertz CT molecular complexity index is 904. The van der Waals surface area contributed by atoms with Crippen LogP contribution in [0.2, 0.25) is 0 Å². The molecule has 0 saturated carbocycles. The van der Waals surface area contributed by atoms with Gasteiger partial charge in [0.2, 0.25) is 5.91 Å². The van der Waals surface area contributed by atoms with Crippen LogP contribution in [0, 0.1) is 17.2 Å². The summed E-state index contributed by atoms with van der Waals surface area (Å²) in [6.45, 7) is 0.137. The van der Waals surface area contributed by atoms with Gasteiger partial charge in [0, 0.05) is 31.1 Å². The number of nitrogens with one attached hydrogen (secondary N) is 2. The van der Waals surface area contributed by atoms with Crippen molar-refractivity contribution in [3.63, 3.8) is 0 Å². The van der Waals surface area contributed by atoms with Gasteiger partial charge in [0.1, 0.15) is 11.2 Å². The number of nitrogens with zero attached hydrogens (tertiary/aromatic N) is 1. The zero-order valence-corrected chi connectivity index (χ0v) is 14.8. The zero-order valence-electron chi connectivity index (χ0n) is 14.8. The number of carbonyl (C=O) groups excluding carboxylic acids is 3. The predicted molar refractivity (Wildman–Crippen MR) is 92.9 cm³/mol. The normalized spacial score (nSPS) is 25.7. The Morgan fingerprint density at radius 2 is 2.11 bits per heavy atom. The number of aliphatic carboxylic acids is 1. The molecule has 28 heavy (non-hydrogen) atoms. The highest BCUT2D eigenvalue weighted by atomic mass is 19.1. The Labute approximate surface area is 158 Å². The number of amides is 3. The molecule has 0 unspecified atom stereocenters. The minimum Gasteiger partial charge on any atom is -0.481 e. The molecule has 3 N–H and O–H groups in total. The van der Waals surface area contributed by atoms with Crippen LogP contribution in [0.5, 0.6) is 0 Å². The number of halogens is 1. The lowest BCUT2D eigenvalue weighted by molar-refractivity contribution is -0.150. The minimum atomic E-state index is -1.21. The molecule has 9 nitrogen and oxygen atoms in total. The first-order valence-corrected chi connectivity index (χ1v) is 8.84. The lowest BCUT2D eigenvalue weighted by atomic mass is 9.81. The number of rotatable bonds is 2. The molecular weight excluding hydrogens is 373 g/mol. The van der Waals surface area contributed by atoms with Crippen LogP contribution in [0.1, 0.15) is 12.0 Å². The first-order chi connectivity index (χ1) is 13.3. The monoisotopic (exact) mass is 391 g/mol. The third-order valence-corrected chi connectivity index (χ3v) is 5.62. The van der Waals surface area contributed by atoms with Crippen LogP contribution >= 0.6 is 0 Å². The molecule has 148 valence electrons. The van der Waals surface area contributed by atoms with Gasteiger partial charge in [0.05, 0.1) is 18.9 Å². The second-order valence-corrected chi connectivity index (χ2v) is 7.35. The molecule has 2 saturated heterocycles. The van der Waals surface area contributed by atoms with Gasteiger partial charge in [0.25, 0.3) is 0 Å². The Morgan fingerprint density at radius 1 is 1.32 bits per heavy atom. The second kappa shape index (κ2) is 6.55. The van der Waals surface area contributed by atoms with Crippen LogP contribution in [0.3, 0.4) is 0 Å². The molecule has 1 aromatic rings. The van der Waals surface area contributed by atoms with E-state index in [0.717, 1.165) is 4.90 Å². The summed E-state index contributed by atoms with van der Waals surface area (Å²) in [6, 6.07) is 2.49. The van der Waals surface area contributed by atoms with Crippen LogP contribution in [0.4, 0.5) is 15.8 Å². The fourth-order valence-corrected chi connectivity index (χ4v) is 4.01. The average Bonchev–Trinajstić information content (AvgIpc) is 3.20. The predicted octanol–water partition coefficient (Wildman–Crippen LogP) is 0.208. The average molecular weight is 391 g/mol. The summed E-state index contributed by atoms with van der Waals surface area (Å²) in [4.78, 5) is 49.1. The number of ether oxygens (including phenoxy) is 1. The van der Waals surface area contributed by atoms with E-state index in [1.807, 2.05) is 0 Å². The number of hydrogen-bond donors (Lipinski definition) is 3. The summed E-state index contributed by atoms with van der Waals surface area (Å²) in [5, 5.41) is 14.3. The molecule has 1 aromatic carbocycles. The number of benzene rings is 1. The molecule has 3 amide bonds. The van der Waals surface area contributed by atoms with Crippen molar-refractivity contribution < 1.29 is 33.4 Å². The van der Waals surface area contributed by atoms with Gasteiger partial charge >= 0.3 is 17.8 Å². The number of likely N-dealkylation sites (tertiary alicyclic amines) is 1. The van der Waals surface area contributed by atoms with Crippen LogP contribution in [-0.2, 0) is 30.3 Å². The molecule has 3 heterocycles. The number of carbonyl (C=O) groups is 4. The smallest absolute Gasteiger partial charge is 0.314 e. The number of aryl methyl sites for hydroxylation is 1. The molecule has 0 radical (unpaired) electrons. The van der Waals surface area contributed by atoms with E-state index in [0.29, 0.717) is 17.7 Å². The van der Waals surface area contributed by atoms with E-state index in [1.54, 1.807) is 0 Å². The zero-order chi connectivity index (χ0) is 20.1. The molecule has 4 rings (SSSR count). The SMILES string of the molecule is O=C1CCc2cc(F)c(NC(=O)C(=O)N3C[C@@H]4COC[C@]4(C(=O)O)C3)cc2N1. The molecule has 2 fully saturated rings. The molecule has 0 bridgehead atoms. The molecule has 10 heteroatoms. The fraction of sp³-hybridized carbons (Fsp3) is 0.444. The number of hydrogen-bond acceptors (Lipinski definition) is 5. The van der Waals surface area contributed by atoms with Crippen LogP contribution in [-0.4, -0.2) is 60.0 Å². The topological polar surface area (TPSA) is 125 Å². The highest BCUT2D eigenvalue weighted by molar-refractivity contribution is 6.39. The van der Waals surface area contributed by atoms with Gasteiger partial charge < -0.3 is 25.4 Å². The van der Waals surface area contributed by atoms with Gasteiger partial charge in [-0.15, -0.1) is 0 Å². The van der Waals surface area contributed by atoms with E-state index in [2.05, 4.69) is 10.6 Å². The molecule has 0 spiro atoms. The summed E-state index contributed by atoms with van der Waals surface area (Å²) in [5.41, 5.74) is -0.442. The quantitative estimate of drug-likeness (QED) is 0.619. The minimum absolute atomic E-state index is 0.0163. The molecular formula is C18H18FN3O6. The number of carboxylic acids is 1. The molecule has 0 aromatic heterocycles. The van der Waals surface area contributed by atoms with Gasteiger partial charge in [-0.3, -0.25) is 19.2 Å². The first-order valence-electron chi connectivity index (χ1n) is 8.84. The van der Waals surface area contributed by atoms with Crippen molar-refractivity contribution >= 4 is 35.1 Å². The molecule has 3 aliphatic heterocycles. The Balaban J connectivity index is 1.49. The van der Waals surface area contributed by atoms with Crippen LogP contribution in [0.25, 0.3) is 0 Å². The third-order valence-electron chi connectivity index (χ3n) is 5.62. The standard InChI is InChI=1S/C18H18FN3O6/c19-11-3-9-1-2-14(23)20-12(9)4-13(11)21-15(24)16(25)22-5-10-6-28-8-18(10,7-22)17(26)27/h3-4,10H,1-2,5-8H2,(H,20,23)(H,21,24)(H,26,27)/t10-,18-/m1/s1. The Morgan fingerprint density at radius 3 is 2.82 bits per heavy atom. The number of fused-ring (bicyclic) bond motifs is 2. The fourth-order valence-electron chi connectivity index (χ4n) is 4.01. The van der Waals surface area contributed by atoms with Gasteiger partial charge in [0.15, 0.2) is 0 Å². The number of anilines is 2. The maximum absolute atomic E-state index is 14.3. The first kappa shape index (κ1) is 18.4. The van der Waals surface area contributed by atoms with Gasteiger partial charge in [-0.1, -0.05) is 0 Å². The van der Waals surface area contributed by atoms with Crippen molar-refractivity contribution in [1.82, 2.24) is 4.90 Å². The highest BCUT2D eigenvalue weighted by Gasteiger charge is 2.57. The summed E-state index contributed by atoms with van der Waals surface area (Å²) < 4.78 is 19.5. The van der Waals surface area contributed by atoms with Crippen molar-refractivity contribution in [2.75, 3.05) is 36.9 Å². The lowest BCUT2D eigenvalue weighted by Crippen LogP contribution is -2.43. The van der Waals surface area contributed by atoms with Crippen molar-refractivity contribution in [3.05, 3.63) is 23.5 Å². The van der Waals surface area contributed by atoms with E-state index in [-0.39, 0.29) is 44.3 Å². The number of carboxylic acid groups (broad SMARTS) is 1. The van der Waals surface area contributed by atoms with E-state index in [4.69, 9.17) is 4.74 Å². The summed E-state index contributed by atoms with van der Waals surface area (Å²) in [7, 11) is 0. The van der Waals surface area contributed by atoms with Crippen molar-refractivity contribution in [2.45, 2.75) is 12.8 Å². The highest BCUT2D eigenvalue weighted by Crippen LogP contribution is 2.41. The van der Waals surface area contributed by atoms with E-state index in [9.17, 15) is 28.7 Å². The maximum atomic E-state index is 14.3. The van der Waals surface area contributed by atoms with Crippen molar-refractivity contribution in [2.24, 2.45) is 11.3 Å². The van der Waals surface area contributed by atoms with E-state index < -0.39 is 34.9 Å². The largest absolute Gasteiger partial charge is 0.481 e. The van der Waals surface area contributed by atoms with Gasteiger partial charge in [-0.05, 0) is 24.1 Å². The van der Waals surface area contributed by atoms with Crippen molar-refractivity contribution in [1.29, 1.82) is 0 Å². The molecule has 2 atom stereocenters. The second-order valence-electron chi connectivity index (χ2n) is 7.35. The summed E-state index contributed by atoms with van der Waals surface area (Å²) in [5.74, 6) is -4.39. The summed E-state index contributed by atoms with van der Waals surface area (Å²) in [6.07, 6.45) is 0.640. The molecule has 0 aliphatic carbocycles. The Kier molecular flexibility index (Phi) is 4.30. The van der Waals surface area contributed by atoms with Crippen LogP contribution < -0.4 is 10.6 Å². The van der Waals surface area contributed by atoms with E-state index in [1.165, 1.54) is 12.1 Å². The van der Waals surface area contributed by atoms with E-state index >= 15 is 0 Å². The Hall–Kier alpha value is -3.01. The summed E-state index contributed by atoms with van der Waals surface area (Å²) >= 11 is 0. The van der Waals surface area contributed by atoms with Gasteiger partial charge in [-0.2, -0.15) is 0 Å². The lowest BCUT2D eigenvalue weighted by Gasteiger charge is -2.22. The van der Waals surface area contributed by atoms with Crippen LogP contribution in [0.15, 0.2) is 12.1 Å². The molecule has 3 aliphatic rings. The van der Waals surface area contributed by atoms with Crippen molar-refractivity contribution in [3.8, 4) is 0 Å². The maximum Gasteiger partial charge on any atom is 0.314 e.